The van der Waals surface area contributed by atoms with Crippen molar-refractivity contribution in [3.63, 3.8) is 0 Å². The Morgan fingerprint density at radius 3 is 1.70 bits per heavy atom. The zero-order valence-electron chi connectivity index (χ0n) is 30.5. The van der Waals surface area contributed by atoms with E-state index in [-0.39, 0.29) is 5.57 Å². The van der Waals surface area contributed by atoms with Crippen LogP contribution in [0.1, 0.15) is 81.2 Å². The van der Waals surface area contributed by atoms with Crippen LogP contribution in [0.25, 0.3) is 36.0 Å². The number of rotatable bonds is 18. The molecular weight excluding hydrogens is 709 g/mol. The van der Waals surface area contributed by atoms with Gasteiger partial charge in [0.05, 0.1) is 0 Å². The molecule has 0 saturated carbocycles. The number of nitrogens with zero attached hydrogens (tertiary/aromatic N) is 2. The van der Waals surface area contributed by atoms with Crippen molar-refractivity contribution in [1.82, 2.24) is 0 Å². The largest absolute Gasteiger partial charge is 0.477 e. The first-order valence-corrected chi connectivity index (χ1v) is 21.2. The number of hydrogen-bond donors (Lipinski definition) is 1. The van der Waals surface area contributed by atoms with Crippen molar-refractivity contribution in [3.8, 4) is 36.0 Å². The molecule has 6 aromatic rings. The average Bonchev–Trinajstić information content (AvgIpc) is 3.94. The predicted octanol–water partition coefficient (Wildman–Crippen LogP) is 14.6. The molecule has 53 heavy (non-hydrogen) atoms. The molecule has 270 valence electrons. The molecule has 1 N–H and O–H groups in total. The van der Waals surface area contributed by atoms with E-state index in [4.69, 9.17) is 0 Å². The molecular formula is C46H46N2O2S3. The third kappa shape index (κ3) is 9.63. The van der Waals surface area contributed by atoms with Gasteiger partial charge in [0.15, 0.2) is 0 Å². The van der Waals surface area contributed by atoms with Crippen LogP contribution in [0.2, 0.25) is 0 Å². The highest BCUT2D eigenvalue weighted by atomic mass is 32.1. The Morgan fingerprint density at radius 1 is 0.642 bits per heavy atom. The van der Waals surface area contributed by atoms with Crippen LogP contribution < -0.4 is 4.90 Å². The van der Waals surface area contributed by atoms with Crippen LogP contribution in [0.5, 0.6) is 0 Å². The Labute approximate surface area is 326 Å². The van der Waals surface area contributed by atoms with Crippen LogP contribution in [0.3, 0.4) is 0 Å². The molecule has 0 saturated heterocycles. The standard InChI is InChI=1S/C46H46N2O2S3/c1-3-5-7-11-17-34-30-42(33-23-25-39(26-24-33)48(37-19-13-9-14-20-37)38-21-15-10-16-22-38)52-44(34)45-35(18-12-8-6-4-2)31-43(53-45)41-28-27-40(51-41)29-36(32-47)46(49)50/h9-10,13-16,19-31H,3-8,11-12,17-18H2,1-2H3,(H,49,50)/b36-29-. The third-order valence-corrected chi connectivity index (χ3v) is 13.2. The van der Waals surface area contributed by atoms with E-state index in [0.717, 1.165) is 46.1 Å². The summed E-state index contributed by atoms with van der Waals surface area (Å²) in [5, 5.41) is 18.7. The number of aryl methyl sites for hydroxylation is 2. The fourth-order valence-electron chi connectivity index (χ4n) is 6.58. The first-order chi connectivity index (χ1) is 26.0. The summed E-state index contributed by atoms with van der Waals surface area (Å²) < 4.78 is 0. The summed E-state index contributed by atoms with van der Waals surface area (Å²) in [7, 11) is 0. The average molecular weight is 755 g/mol. The number of carboxylic acid groups (broad SMARTS) is 1. The molecule has 0 radical (unpaired) electrons. The van der Waals surface area contributed by atoms with Gasteiger partial charge in [0, 0.05) is 46.3 Å². The smallest absolute Gasteiger partial charge is 0.346 e. The van der Waals surface area contributed by atoms with Gasteiger partial charge in [-0.3, -0.25) is 0 Å². The van der Waals surface area contributed by atoms with Crippen molar-refractivity contribution in [2.75, 3.05) is 4.90 Å². The zero-order valence-corrected chi connectivity index (χ0v) is 33.0. The van der Waals surface area contributed by atoms with Gasteiger partial charge in [-0.2, -0.15) is 5.26 Å². The number of para-hydroxylation sites is 2. The second-order valence-electron chi connectivity index (χ2n) is 13.3. The number of carbonyl (C=O) groups is 1. The molecule has 0 aliphatic rings. The van der Waals surface area contributed by atoms with E-state index in [1.807, 2.05) is 28.7 Å². The van der Waals surface area contributed by atoms with Crippen LogP contribution in [-0.2, 0) is 17.6 Å². The summed E-state index contributed by atoms with van der Waals surface area (Å²) >= 11 is 5.31. The second-order valence-corrected chi connectivity index (χ2v) is 16.5. The van der Waals surface area contributed by atoms with Crippen LogP contribution in [0.4, 0.5) is 17.1 Å². The number of nitriles is 1. The summed E-state index contributed by atoms with van der Waals surface area (Å²) in [6.07, 6.45) is 13.3. The molecule has 4 nitrogen and oxygen atoms in total. The minimum absolute atomic E-state index is 0.249. The number of carboxylic acids is 1. The van der Waals surface area contributed by atoms with Crippen molar-refractivity contribution >= 4 is 63.1 Å². The fraction of sp³-hybridized carbons (Fsp3) is 0.261. The van der Waals surface area contributed by atoms with E-state index in [0.29, 0.717) is 0 Å². The van der Waals surface area contributed by atoms with Crippen LogP contribution >= 0.6 is 34.0 Å². The monoisotopic (exact) mass is 754 g/mol. The molecule has 0 atom stereocenters. The van der Waals surface area contributed by atoms with Crippen molar-refractivity contribution in [2.45, 2.75) is 78.1 Å². The van der Waals surface area contributed by atoms with E-state index in [2.05, 4.69) is 122 Å². The van der Waals surface area contributed by atoms with Gasteiger partial charge in [0.25, 0.3) is 0 Å². The molecule has 0 amide bonds. The van der Waals surface area contributed by atoms with E-state index in [1.54, 1.807) is 17.4 Å². The van der Waals surface area contributed by atoms with Gasteiger partial charge in [0.1, 0.15) is 11.6 Å². The summed E-state index contributed by atoms with van der Waals surface area (Å²) in [6, 6.07) is 40.7. The zero-order chi connectivity index (χ0) is 37.0. The summed E-state index contributed by atoms with van der Waals surface area (Å²) in [5.74, 6) is -1.20. The van der Waals surface area contributed by atoms with Crippen molar-refractivity contribution in [3.05, 3.63) is 131 Å². The molecule has 3 aromatic heterocycles. The van der Waals surface area contributed by atoms with E-state index < -0.39 is 5.97 Å². The van der Waals surface area contributed by atoms with Gasteiger partial charge in [0.2, 0.25) is 0 Å². The van der Waals surface area contributed by atoms with Gasteiger partial charge in [-0.25, -0.2) is 4.79 Å². The summed E-state index contributed by atoms with van der Waals surface area (Å²) in [4.78, 5) is 20.9. The first-order valence-electron chi connectivity index (χ1n) is 18.7. The minimum Gasteiger partial charge on any atom is -0.477 e. The van der Waals surface area contributed by atoms with Crippen molar-refractivity contribution in [2.24, 2.45) is 0 Å². The molecule has 7 heteroatoms. The maximum absolute atomic E-state index is 11.5. The number of thiophene rings is 3. The van der Waals surface area contributed by atoms with Gasteiger partial charge in [-0.1, -0.05) is 101 Å². The van der Waals surface area contributed by atoms with E-state index in [1.165, 1.54) is 87.2 Å². The molecule has 0 aliphatic heterocycles. The maximum Gasteiger partial charge on any atom is 0.346 e. The van der Waals surface area contributed by atoms with Gasteiger partial charge in [-0.15, -0.1) is 34.0 Å². The molecule has 0 bridgehead atoms. The predicted molar refractivity (Wildman–Crippen MR) is 228 cm³/mol. The van der Waals surface area contributed by atoms with Crippen LogP contribution in [-0.4, -0.2) is 11.1 Å². The highest BCUT2D eigenvalue weighted by Crippen LogP contribution is 2.48. The highest BCUT2D eigenvalue weighted by molar-refractivity contribution is 7.27. The maximum atomic E-state index is 11.5. The Hall–Kier alpha value is -4.74. The fourth-order valence-corrected chi connectivity index (χ4v) is 10.2. The lowest BCUT2D eigenvalue weighted by molar-refractivity contribution is -0.132. The summed E-state index contributed by atoms with van der Waals surface area (Å²) in [6.45, 7) is 4.52. The van der Waals surface area contributed by atoms with E-state index in [9.17, 15) is 15.2 Å². The van der Waals surface area contributed by atoms with Crippen LogP contribution in [0, 0.1) is 11.3 Å². The van der Waals surface area contributed by atoms with Gasteiger partial charge >= 0.3 is 5.97 Å². The highest BCUT2D eigenvalue weighted by Gasteiger charge is 2.21. The number of aliphatic carboxylic acids is 1. The number of anilines is 3. The number of hydrogen-bond acceptors (Lipinski definition) is 6. The van der Waals surface area contributed by atoms with Crippen molar-refractivity contribution < 1.29 is 9.90 Å². The molecule has 3 aromatic carbocycles. The molecule has 0 spiro atoms. The summed E-state index contributed by atoms with van der Waals surface area (Å²) in [5.41, 5.74) is 7.18. The lowest BCUT2D eigenvalue weighted by atomic mass is 10.0. The van der Waals surface area contributed by atoms with Gasteiger partial charge in [-0.05, 0) is 109 Å². The Morgan fingerprint density at radius 2 is 1.17 bits per heavy atom. The SMILES string of the molecule is CCCCCCc1cc(-c2ccc(N(c3ccccc3)c3ccccc3)cc2)sc1-c1sc(-c2ccc(/C=C(/C#N)C(=O)O)s2)cc1CCCCCC. The first kappa shape index (κ1) is 38.0. The normalized spacial score (nSPS) is 11.5. The Bertz CT molecular complexity index is 2110. The Balaban J connectivity index is 1.37. The molecule has 0 aliphatic carbocycles. The number of benzene rings is 3. The number of unbranched alkanes of at least 4 members (excludes halogenated alkanes) is 6. The topological polar surface area (TPSA) is 64.3 Å². The lowest BCUT2D eigenvalue weighted by Gasteiger charge is -2.25. The minimum atomic E-state index is -1.20. The van der Waals surface area contributed by atoms with Crippen molar-refractivity contribution in [1.29, 1.82) is 5.26 Å². The molecule has 0 unspecified atom stereocenters. The molecule has 3 heterocycles. The quantitative estimate of drug-likeness (QED) is 0.0539. The second kappa shape index (κ2) is 18.8. The molecule has 6 rings (SSSR count). The van der Waals surface area contributed by atoms with E-state index >= 15 is 0 Å². The third-order valence-electron chi connectivity index (χ3n) is 9.37. The lowest BCUT2D eigenvalue weighted by Crippen LogP contribution is -2.09. The van der Waals surface area contributed by atoms with Gasteiger partial charge < -0.3 is 10.0 Å². The van der Waals surface area contributed by atoms with Crippen LogP contribution in [0.15, 0.2) is 115 Å². The Kier molecular flexibility index (Phi) is 13.5. The molecule has 0 fully saturated rings.